The molecule has 1 N–H and O–H groups in total. The molecule has 0 atom stereocenters. The average Bonchev–Trinajstić information content (AvgIpc) is 3.34. The zero-order valence-electron chi connectivity index (χ0n) is 15.2. The Balaban J connectivity index is 1.60. The summed E-state index contributed by atoms with van der Waals surface area (Å²) in [6, 6.07) is 9.03. The molecule has 1 aliphatic rings. The van der Waals surface area contributed by atoms with E-state index in [1.807, 2.05) is 23.1 Å². The molecule has 1 saturated heterocycles. The van der Waals surface area contributed by atoms with Crippen LogP contribution in [0.5, 0.6) is 0 Å². The third kappa shape index (κ3) is 3.45. The molecule has 4 rings (SSSR count). The number of hydrogen-bond donors (Lipinski definition) is 1. The molecule has 0 aromatic carbocycles. The fraction of sp³-hybridized carbons (Fsp3) is 0.350. The molecule has 3 aromatic heterocycles. The molecule has 1 aliphatic heterocycles. The van der Waals surface area contributed by atoms with Crippen molar-refractivity contribution in [3.63, 3.8) is 0 Å². The van der Waals surface area contributed by atoms with E-state index in [-0.39, 0.29) is 24.2 Å². The molecule has 7 nitrogen and oxygen atoms in total. The third-order valence-electron chi connectivity index (χ3n) is 5.03. The number of piperidine rings is 1. The minimum Gasteiger partial charge on any atom is -0.467 e. The standard InChI is InChI=1S/C20H22N4O3/c1-14-7-10-23(11-8-14)20(26)17-16-6-2-3-9-24(16)18(22-17)19(25)21-13-15-5-4-12-27-15/h2-6,9,12,14H,7-8,10-11,13H2,1H3,(H,21,25). The molecule has 7 heteroatoms. The molecular weight excluding hydrogens is 344 g/mol. The first-order chi connectivity index (χ1) is 13.1. The van der Waals surface area contributed by atoms with Crippen LogP contribution in [0.15, 0.2) is 47.2 Å². The maximum absolute atomic E-state index is 13.0. The second kappa shape index (κ2) is 7.26. The third-order valence-corrected chi connectivity index (χ3v) is 5.03. The van der Waals surface area contributed by atoms with Gasteiger partial charge in [0.05, 0.1) is 18.3 Å². The van der Waals surface area contributed by atoms with Gasteiger partial charge in [0.15, 0.2) is 5.69 Å². The maximum Gasteiger partial charge on any atom is 0.288 e. The molecule has 2 amide bonds. The largest absolute Gasteiger partial charge is 0.467 e. The van der Waals surface area contributed by atoms with Crippen LogP contribution in [0.25, 0.3) is 5.52 Å². The van der Waals surface area contributed by atoms with Gasteiger partial charge in [0.2, 0.25) is 5.82 Å². The second-order valence-electron chi connectivity index (χ2n) is 6.98. The van der Waals surface area contributed by atoms with Crippen LogP contribution in [0, 0.1) is 5.92 Å². The molecular formula is C20H22N4O3. The van der Waals surface area contributed by atoms with Crippen LogP contribution < -0.4 is 5.32 Å². The number of nitrogens with zero attached hydrogens (tertiary/aromatic N) is 3. The van der Waals surface area contributed by atoms with E-state index in [1.165, 1.54) is 0 Å². The van der Waals surface area contributed by atoms with Crippen molar-refractivity contribution in [1.29, 1.82) is 0 Å². The van der Waals surface area contributed by atoms with Gasteiger partial charge in [-0.1, -0.05) is 13.0 Å². The van der Waals surface area contributed by atoms with Crippen molar-refractivity contribution < 1.29 is 14.0 Å². The van der Waals surface area contributed by atoms with E-state index >= 15 is 0 Å². The molecule has 1 fully saturated rings. The Morgan fingerprint density at radius 2 is 2.04 bits per heavy atom. The Hall–Kier alpha value is -3.09. The van der Waals surface area contributed by atoms with E-state index in [1.54, 1.807) is 29.0 Å². The summed E-state index contributed by atoms with van der Waals surface area (Å²) >= 11 is 0. The lowest BCUT2D eigenvalue weighted by Crippen LogP contribution is -2.38. The van der Waals surface area contributed by atoms with Crippen LogP contribution in [-0.2, 0) is 6.54 Å². The molecule has 140 valence electrons. The lowest BCUT2D eigenvalue weighted by atomic mass is 9.99. The Bertz CT molecular complexity index is 953. The number of fused-ring (bicyclic) bond motifs is 1. The molecule has 0 saturated carbocycles. The van der Waals surface area contributed by atoms with Crippen LogP contribution in [0.4, 0.5) is 0 Å². The van der Waals surface area contributed by atoms with Gasteiger partial charge in [0.25, 0.3) is 11.8 Å². The summed E-state index contributed by atoms with van der Waals surface area (Å²) in [6.45, 7) is 3.92. The minimum absolute atomic E-state index is 0.115. The van der Waals surface area contributed by atoms with Crippen molar-refractivity contribution in [2.24, 2.45) is 5.92 Å². The maximum atomic E-state index is 13.0. The number of nitrogens with one attached hydrogen (secondary N) is 1. The fourth-order valence-electron chi connectivity index (χ4n) is 3.38. The smallest absolute Gasteiger partial charge is 0.288 e. The number of hydrogen-bond acceptors (Lipinski definition) is 4. The quantitative estimate of drug-likeness (QED) is 0.770. The van der Waals surface area contributed by atoms with Crippen LogP contribution >= 0.6 is 0 Å². The van der Waals surface area contributed by atoms with Crippen LogP contribution in [0.2, 0.25) is 0 Å². The Morgan fingerprint density at radius 3 is 2.78 bits per heavy atom. The number of amides is 2. The molecule has 0 spiro atoms. The Kier molecular flexibility index (Phi) is 4.66. The summed E-state index contributed by atoms with van der Waals surface area (Å²) in [5.74, 6) is 1.03. The van der Waals surface area contributed by atoms with Gasteiger partial charge >= 0.3 is 0 Å². The van der Waals surface area contributed by atoms with Crippen molar-refractivity contribution in [1.82, 2.24) is 19.6 Å². The first-order valence-corrected chi connectivity index (χ1v) is 9.20. The Morgan fingerprint density at radius 1 is 1.22 bits per heavy atom. The number of rotatable bonds is 4. The van der Waals surface area contributed by atoms with Crippen molar-refractivity contribution >= 4 is 17.3 Å². The molecule has 3 aromatic rings. The summed E-state index contributed by atoms with van der Waals surface area (Å²) in [4.78, 5) is 31.9. The molecule has 0 radical (unpaired) electrons. The lowest BCUT2D eigenvalue weighted by molar-refractivity contribution is 0.0694. The van der Waals surface area contributed by atoms with E-state index in [9.17, 15) is 9.59 Å². The van der Waals surface area contributed by atoms with Gasteiger partial charge in [-0.25, -0.2) is 4.98 Å². The highest BCUT2D eigenvalue weighted by molar-refractivity contribution is 6.02. The molecule has 0 bridgehead atoms. The number of aromatic nitrogens is 2. The summed E-state index contributed by atoms with van der Waals surface area (Å²) in [5, 5.41) is 2.79. The summed E-state index contributed by atoms with van der Waals surface area (Å²) < 4.78 is 6.90. The number of likely N-dealkylation sites (tertiary alicyclic amines) is 1. The van der Waals surface area contributed by atoms with Crippen LogP contribution in [0.1, 0.15) is 46.6 Å². The Labute approximate surface area is 157 Å². The van der Waals surface area contributed by atoms with Gasteiger partial charge in [0, 0.05) is 19.3 Å². The average molecular weight is 366 g/mol. The highest BCUT2D eigenvalue weighted by Gasteiger charge is 2.27. The van der Waals surface area contributed by atoms with E-state index < -0.39 is 0 Å². The lowest BCUT2D eigenvalue weighted by Gasteiger charge is -2.29. The van der Waals surface area contributed by atoms with Gasteiger partial charge < -0.3 is 14.6 Å². The summed E-state index contributed by atoms with van der Waals surface area (Å²) in [6.07, 6.45) is 5.30. The minimum atomic E-state index is -0.348. The van der Waals surface area contributed by atoms with Crippen LogP contribution in [-0.4, -0.2) is 39.2 Å². The fourth-order valence-corrected chi connectivity index (χ4v) is 3.38. The number of furan rings is 1. The monoisotopic (exact) mass is 366 g/mol. The van der Waals surface area contributed by atoms with Crippen LogP contribution in [0.3, 0.4) is 0 Å². The normalized spacial score (nSPS) is 15.2. The van der Waals surface area contributed by atoms with Gasteiger partial charge in [-0.05, 0) is 43.0 Å². The van der Waals surface area contributed by atoms with Gasteiger partial charge in [-0.2, -0.15) is 0 Å². The molecule has 0 aliphatic carbocycles. The summed E-state index contributed by atoms with van der Waals surface area (Å²) in [7, 11) is 0. The molecule has 4 heterocycles. The van der Waals surface area contributed by atoms with E-state index in [4.69, 9.17) is 4.42 Å². The number of pyridine rings is 1. The molecule has 27 heavy (non-hydrogen) atoms. The van der Waals surface area contributed by atoms with Gasteiger partial charge in [-0.3, -0.25) is 14.0 Å². The van der Waals surface area contributed by atoms with E-state index in [0.29, 0.717) is 22.9 Å². The van der Waals surface area contributed by atoms with Crippen molar-refractivity contribution in [2.45, 2.75) is 26.3 Å². The predicted molar refractivity (Wildman–Crippen MR) is 99.4 cm³/mol. The van der Waals surface area contributed by atoms with E-state index in [2.05, 4.69) is 17.2 Å². The predicted octanol–water partition coefficient (Wildman–Crippen LogP) is 2.73. The zero-order chi connectivity index (χ0) is 18.8. The van der Waals surface area contributed by atoms with Gasteiger partial charge in [-0.15, -0.1) is 0 Å². The van der Waals surface area contributed by atoms with E-state index in [0.717, 1.165) is 25.9 Å². The highest BCUT2D eigenvalue weighted by atomic mass is 16.3. The van der Waals surface area contributed by atoms with Crippen molar-refractivity contribution in [3.05, 3.63) is 60.1 Å². The summed E-state index contributed by atoms with van der Waals surface area (Å²) in [5.41, 5.74) is 0.970. The number of imidazole rings is 1. The number of carbonyl (C=O) groups excluding carboxylic acids is 2. The first-order valence-electron chi connectivity index (χ1n) is 9.20. The van der Waals surface area contributed by atoms with Crippen molar-refractivity contribution in [3.8, 4) is 0 Å². The first kappa shape index (κ1) is 17.3. The second-order valence-corrected chi connectivity index (χ2v) is 6.98. The van der Waals surface area contributed by atoms with Crippen molar-refractivity contribution in [2.75, 3.05) is 13.1 Å². The zero-order valence-corrected chi connectivity index (χ0v) is 15.2. The number of carbonyl (C=O) groups is 2. The topological polar surface area (TPSA) is 79.8 Å². The van der Waals surface area contributed by atoms with Gasteiger partial charge in [0.1, 0.15) is 5.76 Å². The SMILES string of the molecule is CC1CCN(C(=O)c2nc(C(=O)NCc3ccco3)n3ccccc23)CC1. The highest BCUT2D eigenvalue weighted by Crippen LogP contribution is 2.21. The molecule has 0 unspecified atom stereocenters.